The molecular weight excluding hydrogens is 304 g/mol. The summed E-state index contributed by atoms with van der Waals surface area (Å²) in [6.45, 7) is 1.11. The summed E-state index contributed by atoms with van der Waals surface area (Å²) in [5.41, 5.74) is 2.16. The summed E-state index contributed by atoms with van der Waals surface area (Å²) >= 11 is 5.96. The summed E-state index contributed by atoms with van der Waals surface area (Å²) in [5.74, 6) is 2.04. The highest BCUT2D eigenvalue weighted by molar-refractivity contribution is 6.29. The Kier molecular flexibility index (Phi) is 3.16. The van der Waals surface area contributed by atoms with Gasteiger partial charge in [0.1, 0.15) is 30.2 Å². The Morgan fingerprint density at radius 3 is 2.77 bits per heavy atom. The number of halogens is 1. The van der Waals surface area contributed by atoms with Crippen LogP contribution in [0.3, 0.4) is 0 Å². The van der Waals surface area contributed by atoms with Gasteiger partial charge in [0.2, 0.25) is 0 Å². The number of anilines is 2. The van der Waals surface area contributed by atoms with E-state index < -0.39 is 0 Å². The zero-order valence-electron chi connectivity index (χ0n) is 11.4. The van der Waals surface area contributed by atoms with Crippen LogP contribution in [0.25, 0.3) is 11.0 Å². The number of hydrogen-bond acceptors (Lipinski definition) is 6. The Morgan fingerprint density at radius 1 is 1.00 bits per heavy atom. The number of ether oxygens (including phenoxy) is 2. The minimum Gasteiger partial charge on any atom is -0.486 e. The number of benzene rings is 1. The molecular formula is C15H11ClN4O2. The molecule has 22 heavy (non-hydrogen) atoms. The summed E-state index contributed by atoms with van der Waals surface area (Å²) in [4.78, 5) is 12.7. The topological polar surface area (TPSA) is 69.2 Å². The average Bonchev–Trinajstić information content (AvgIpc) is 2.55. The Labute approximate surface area is 131 Å². The highest BCUT2D eigenvalue weighted by Gasteiger charge is 2.13. The molecule has 0 saturated carbocycles. The van der Waals surface area contributed by atoms with Crippen LogP contribution in [0.5, 0.6) is 11.5 Å². The molecule has 6 nitrogen and oxygen atoms in total. The van der Waals surface area contributed by atoms with Crippen molar-refractivity contribution in [2.45, 2.75) is 0 Å². The second kappa shape index (κ2) is 5.31. The molecule has 0 radical (unpaired) electrons. The van der Waals surface area contributed by atoms with Crippen molar-refractivity contribution in [3.05, 3.63) is 41.8 Å². The van der Waals surface area contributed by atoms with Crippen molar-refractivity contribution in [2.24, 2.45) is 0 Å². The van der Waals surface area contributed by atoms with E-state index >= 15 is 0 Å². The fourth-order valence-electron chi connectivity index (χ4n) is 2.27. The monoisotopic (exact) mass is 314 g/mol. The van der Waals surface area contributed by atoms with E-state index in [0.29, 0.717) is 35.5 Å². The summed E-state index contributed by atoms with van der Waals surface area (Å²) in [5, 5.41) is 3.61. The quantitative estimate of drug-likeness (QED) is 0.733. The van der Waals surface area contributed by atoms with E-state index in [2.05, 4.69) is 20.3 Å². The molecule has 0 spiro atoms. The van der Waals surface area contributed by atoms with E-state index in [9.17, 15) is 0 Å². The molecule has 0 aliphatic carbocycles. The molecule has 0 saturated heterocycles. The molecule has 3 heterocycles. The Morgan fingerprint density at radius 2 is 1.86 bits per heavy atom. The summed E-state index contributed by atoms with van der Waals surface area (Å²) in [6, 6.07) is 9.13. The van der Waals surface area contributed by atoms with Crippen LogP contribution in [-0.4, -0.2) is 28.2 Å². The molecule has 0 atom stereocenters. The Balaban J connectivity index is 1.73. The van der Waals surface area contributed by atoms with E-state index in [-0.39, 0.29) is 0 Å². The molecule has 0 fully saturated rings. The van der Waals surface area contributed by atoms with Crippen molar-refractivity contribution in [3.63, 3.8) is 0 Å². The van der Waals surface area contributed by atoms with E-state index in [1.54, 1.807) is 12.1 Å². The summed E-state index contributed by atoms with van der Waals surface area (Å²) in [7, 11) is 0. The number of nitrogens with one attached hydrogen (secondary N) is 1. The predicted molar refractivity (Wildman–Crippen MR) is 83.1 cm³/mol. The Bertz CT molecular complexity index is 856. The van der Waals surface area contributed by atoms with Crippen molar-refractivity contribution in [3.8, 4) is 11.5 Å². The van der Waals surface area contributed by atoms with Gasteiger partial charge in [-0.3, -0.25) is 0 Å². The van der Waals surface area contributed by atoms with Crippen molar-refractivity contribution in [1.29, 1.82) is 0 Å². The van der Waals surface area contributed by atoms with Crippen LogP contribution in [0.1, 0.15) is 0 Å². The van der Waals surface area contributed by atoms with Crippen molar-refractivity contribution >= 4 is 34.1 Å². The number of fused-ring (bicyclic) bond motifs is 2. The fraction of sp³-hybridized carbons (Fsp3) is 0.133. The maximum Gasteiger partial charge on any atom is 0.163 e. The van der Waals surface area contributed by atoms with Crippen LogP contribution < -0.4 is 14.8 Å². The molecule has 3 aromatic rings. The maximum atomic E-state index is 5.96. The SMILES string of the molecule is Clc1ccc2ncnc(Nc3ccc4c(c3)OCCO4)c2n1. The van der Waals surface area contributed by atoms with Gasteiger partial charge in [-0.15, -0.1) is 0 Å². The largest absolute Gasteiger partial charge is 0.486 e. The lowest BCUT2D eigenvalue weighted by Crippen LogP contribution is -2.15. The van der Waals surface area contributed by atoms with Crippen LogP contribution in [0.15, 0.2) is 36.7 Å². The summed E-state index contributed by atoms with van der Waals surface area (Å²) < 4.78 is 11.1. The number of nitrogens with zero attached hydrogens (tertiary/aromatic N) is 3. The zero-order chi connectivity index (χ0) is 14.9. The third-order valence-corrected chi connectivity index (χ3v) is 3.46. The number of hydrogen-bond donors (Lipinski definition) is 1. The van der Waals surface area contributed by atoms with Crippen LogP contribution in [0, 0.1) is 0 Å². The van der Waals surface area contributed by atoms with Crippen molar-refractivity contribution in [2.75, 3.05) is 18.5 Å². The van der Waals surface area contributed by atoms with Crippen molar-refractivity contribution in [1.82, 2.24) is 15.0 Å². The van der Waals surface area contributed by atoms with E-state index in [1.807, 2.05) is 18.2 Å². The molecule has 1 N–H and O–H groups in total. The Hall–Kier alpha value is -2.60. The molecule has 2 aromatic heterocycles. The first-order chi connectivity index (χ1) is 10.8. The van der Waals surface area contributed by atoms with Gasteiger partial charge >= 0.3 is 0 Å². The molecule has 1 aliphatic heterocycles. The van der Waals surface area contributed by atoms with Crippen LogP contribution >= 0.6 is 11.6 Å². The second-order valence-electron chi connectivity index (χ2n) is 4.71. The van der Waals surface area contributed by atoms with Gasteiger partial charge in [0.15, 0.2) is 17.3 Å². The molecule has 0 unspecified atom stereocenters. The van der Waals surface area contributed by atoms with Crippen LogP contribution in [-0.2, 0) is 0 Å². The van der Waals surface area contributed by atoms with Crippen LogP contribution in [0.2, 0.25) is 5.15 Å². The smallest absolute Gasteiger partial charge is 0.163 e. The third kappa shape index (κ3) is 2.37. The number of pyridine rings is 1. The second-order valence-corrected chi connectivity index (χ2v) is 5.09. The third-order valence-electron chi connectivity index (χ3n) is 3.25. The lowest BCUT2D eigenvalue weighted by molar-refractivity contribution is 0.171. The first-order valence-electron chi connectivity index (χ1n) is 6.73. The normalized spacial score (nSPS) is 13.1. The van der Waals surface area contributed by atoms with Gasteiger partial charge in [0.05, 0.1) is 5.52 Å². The van der Waals surface area contributed by atoms with Gasteiger partial charge in [-0.1, -0.05) is 11.6 Å². The van der Waals surface area contributed by atoms with Crippen molar-refractivity contribution < 1.29 is 9.47 Å². The average molecular weight is 315 g/mol. The molecule has 1 aromatic carbocycles. The molecule has 4 rings (SSSR count). The molecule has 1 aliphatic rings. The lowest BCUT2D eigenvalue weighted by Gasteiger charge is -2.19. The van der Waals surface area contributed by atoms with Gasteiger partial charge in [-0.05, 0) is 24.3 Å². The molecule has 7 heteroatoms. The van der Waals surface area contributed by atoms with E-state index in [0.717, 1.165) is 17.0 Å². The minimum absolute atomic E-state index is 0.396. The lowest BCUT2D eigenvalue weighted by atomic mass is 10.2. The first kappa shape index (κ1) is 13.1. The van der Waals surface area contributed by atoms with Gasteiger partial charge < -0.3 is 14.8 Å². The van der Waals surface area contributed by atoms with Crippen LogP contribution in [0.4, 0.5) is 11.5 Å². The maximum absolute atomic E-state index is 5.96. The minimum atomic E-state index is 0.396. The highest BCUT2D eigenvalue weighted by Crippen LogP contribution is 2.34. The zero-order valence-corrected chi connectivity index (χ0v) is 12.2. The van der Waals surface area contributed by atoms with Gasteiger partial charge in [0.25, 0.3) is 0 Å². The van der Waals surface area contributed by atoms with E-state index in [1.165, 1.54) is 6.33 Å². The number of aromatic nitrogens is 3. The van der Waals surface area contributed by atoms with Gasteiger partial charge in [0, 0.05) is 11.8 Å². The highest BCUT2D eigenvalue weighted by atomic mass is 35.5. The number of rotatable bonds is 2. The fourth-order valence-corrected chi connectivity index (χ4v) is 2.41. The van der Waals surface area contributed by atoms with Gasteiger partial charge in [-0.25, -0.2) is 15.0 Å². The predicted octanol–water partition coefficient (Wildman–Crippen LogP) is 3.19. The molecule has 0 amide bonds. The first-order valence-corrected chi connectivity index (χ1v) is 7.11. The summed E-state index contributed by atoms with van der Waals surface area (Å²) in [6.07, 6.45) is 1.48. The standard InChI is InChI=1S/C15H11ClN4O2/c16-13-4-2-10-14(20-13)15(18-8-17-10)19-9-1-3-11-12(7-9)22-6-5-21-11/h1-4,7-8H,5-6H2,(H,17,18,19). The van der Waals surface area contributed by atoms with E-state index in [4.69, 9.17) is 21.1 Å². The molecule has 110 valence electrons. The van der Waals surface area contributed by atoms with Gasteiger partial charge in [-0.2, -0.15) is 0 Å². The molecule has 0 bridgehead atoms.